The summed E-state index contributed by atoms with van der Waals surface area (Å²) in [6, 6.07) is 13.1. The molecule has 2 nitrogen and oxygen atoms in total. The summed E-state index contributed by atoms with van der Waals surface area (Å²) in [6.07, 6.45) is -0.861. The molecule has 0 aliphatic carbocycles. The van der Waals surface area contributed by atoms with Crippen molar-refractivity contribution in [1.82, 2.24) is 0 Å². The van der Waals surface area contributed by atoms with E-state index in [2.05, 4.69) is 0 Å². The van der Waals surface area contributed by atoms with E-state index in [1.54, 1.807) is 36.4 Å². The number of nitrogens with two attached hydrogens (primary N) is 1. The first-order valence-corrected chi connectivity index (χ1v) is 6.39. The van der Waals surface area contributed by atoms with Gasteiger partial charge in [0.15, 0.2) is 0 Å². The van der Waals surface area contributed by atoms with Gasteiger partial charge in [0, 0.05) is 17.5 Å². The maximum absolute atomic E-state index is 13.3. The number of aliphatic hydroxyl groups is 1. The van der Waals surface area contributed by atoms with E-state index < -0.39 is 12.0 Å². The Kier molecular flexibility index (Phi) is 4.53. The van der Waals surface area contributed by atoms with Crippen molar-refractivity contribution < 1.29 is 9.50 Å². The Balaban J connectivity index is 2.35. The quantitative estimate of drug-likeness (QED) is 0.902. The minimum atomic E-state index is -0.861. The lowest BCUT2D eigenvalue weighted by Gasteiger charge is -2.23. The van der Waals surface area contributed by atoms with E-state index in [0.717, 1.165) is 0 Å². The van der Waals surface area contributed by atoms with Gasteiger partial charge in [-0.05, 0) is 29.3 Å². The van der Waals surface area contributed by atoms with Gasteiger partial charge in [0.25, 0.3) is 0 Å². The van der Waals surface area contributed by atoms with Gasteiger partial charge < -0.3 is 10.8 Å². The zero-order chi connectivity index (χ0) is 13.8. The molecule has 100 valence electrons. The molecular weight excluding hydrogens is 265 g/mol. The molecule has 0 aliphatic rings. The molecule has 2 unspecified atom stereocenters. The molecule has 19 heavy (non-hydrogen) atoms. The van der Waals surface area contributed by atoms with Crippen molar-refractivity contribution in [3.63, 3.8) is 0 Å². The standard InChI is InChI=1S/C15H15ClFNO/c16-14-7-2-1-6-12(14)15(19)13(9-18)10-4-3-5-11(17)8-10/h1-8,13,15,19H,9,18H2. The molecule has 0 heterocycles. The van der Waals surface area contributed by atoms with E-state index in [1.165, 1.54) is 12.1 Å². The van der Waals surface area contributed by atoms with Gasteiger partial charge >= 0.3 is 0 Å². The van der Waals surface area contributed by atoms with Gasteiger partial charge in [0.05, 0.1) is 6.10 Å². The number of halogens is 2. The van der Waals surface area contributed by atoms with Gasteiger partial charge in [-0.1, -0.05) is 41.9 Å². The van der Waals surface area contributed by atoms with Gasteiger partial charge in [0.2, 0.25) is 0 Å². The van der Waals surface area contributed by atoms with Crippen molar-refractivity contribution in [2.24, 2.45) is 5.73 Å². The summed E-state index contributed by atoms with van der Waals surface area (Å²) in [5, 5.41) is 10.9. The minimum Gasteiger partial charge on any atom is -0.388 e. The molecule has 0 radical (unpaired) electrons. The first-order valence-electron chi connectivity index (χ1n) is 6.01. The van der Waals surface area contributed by atoms with E-state index in [9.17, 15) is 9.50 Å². The summed E-state index contributed by atoms with van der Waals surface area (Å²) in [5.41, 5.74) is 6.98. The molecule has 0 saturated carbocycles. The van der Waals surface area contributed by atoms with Gasteiger partial charge in [-0.2, -0.15) is 0 Å². The van der Waals surface area contributed by atoms with Crippen LogP contribution >= 0.6 is 11.6 Å². The molecule has 0 spiro atoms. The zero-order valence-electron chi connectivity index (χ0n) is 10.3. The lowest BCUT2D eigenvalue weighted by atomic mass is 9.89. The smallest absolute Gasteiger partial charge is 0.123 e. The number of hydrogen-bond donors (Lipinski definition) is 2. The van der Waals surface area contributed by atoms with Crippen LogP contribution in [0.25, 0.3) is 0 Å². The zero-order valence-corrected chi connectivity index (χ0v) is 11.0. The molecule has 2 atom stereocenters. The Morgan fingerprint density at radius 2 is 1.89 bits per heavy atom. The van der Waals surface area contributed by atoms with E-state index in [1.807, 2.05) is 0 Å². The topological polar surface area (TPSA) is 46.2 Å². The summed E-state index contributed by atoms with van der Waals surface area (Å²) < 4.78 is 13.3. The highest BCUT2D eigenvalue weighted by molar-refractivity contribution is 6.31. The summed E-state index contributed by atoms with van der Waals surface area (Å²) in [7, 11) is 0. The molecule has 0 fully saturated rings. The highest BCUT2D eigenvalue weighted by atomic mass is 35.5. The van der Waals surface area contributed by atoms with Crippen LogP contribution in [0.15, 0.2) is 48.5 Å². The molecule has 2 rings (SSSR count). The number of aliphatic hydroxyl groups excluding tert-OH is 1. The van der Waals surface area contributed by atoms with E-state index in [0.29, 0.717) is 16.1 Å². The fraction of sp³-hybridized carbons (Fsp3) is 0.200. The minimum absolute atomic E-state index is 0.204. The first-order chi connectivity index (χ1) is 9.13. The van der Waals surface area contributed by atoms with Gasteiger partial charge in [-0.15, -0.1) is 0 Å². The van der Waals surface area contributed by atoms with Crippen LogP contribution in [-0.2, 0) is 0 Å². The third-order valence-corrected chi connectivity index (χ3v) is 3.48. The predicted molar refractivity (Wildman–Crippen MR) is 74.6 cm³/mol. The lowest BCUT2D eigenvalue weighted by Crippen LogP contribution is -2.20. The summed E-state index contributed by atoms with van der Waals surface area (Å²) in [5.74, 6) is -0.738. The molecule has 4 heteroatoms. The van der Waals surface area contributed by atoms with Crippen LogP contribution in [0.2, 0.25) is 5.02 Å². The Morgan fingerprint density at radius 1 is 1.16 bits per heavy atom. The average Bonchev–Trinajstić information content (AvgIpc) is 2.40. The number of hydrogen-bond acceptors (Lipinski definition) is 2. The monoisotopic (exact) mass is 279 g/mol. The normalized spacial score (nSPS) is 14.1. The predicted octanol–water partition coefficient (Wildman–Crippen LogP) is 3.26. The summed E-state index contributed by atoms with van der Waals surface area (Å²) >= 11 is 6.06. The van der Waals surface area contributed by atoms with Gasteiger partial charge in [-0.3, -0.25) is 0 Å². The van der Waals surface area contributed by atoms with Crippen LogP contribution in [0, 0.1) is 5.82 Å². The molecule has 0 aliphatic heterocycles. The van der Waals surface area contributed by atoms with Crippen molar-refractivity contribution in [2.75, 3.05) is 6.54 Å². The lowest BCUT2D eigenvalue weighted by molar-refractivity contribution is 0.147. The second kappa shape index (κ2) is 6.15. The highest BCUT2D eigenvalue weighted by Gasteiger charge is 2.23. The van der Waals surface area contributed by atoms with Crippen LogP contribution in [0.3, 0.4) is 0 Å². The third-order valence-electron chi connectivity index (χ3n) is 3.14. The SMILES string of the molecule is NCC(c1cccc(F)c1)C(O)c1ccccc1Cl. The van der Waals surface area contributed by atoms with Crippen molar-refractivity contribution >= 4 is 11.6 Å². The van der Waals surface area contributed by atoms with Gasteiger partial charge in [-0.25, -0.2) is 4.39 Å². The van der Waals surface area contributed by atoms with Crippen molar-refractivity contribution in [2.45, 2.75) is 12.0 Å². The molecule has 0 aromatic heterocycles. The fourth-order valence-electron chi connectivity index (χ4n) is 2.12. The molecule has 0 saturated heterocycles. The Hall–Kier alpha value is -1.42. The van der Waals surface area contributed by atoms with Crippen LogP contribution in [0.4, 0.5) is 4.39 Å². The van der Waals surface area contributed by atoms with Gasteiger partial charge in [0.1, 0.15) is 5.82 Å². The Bertz CT molecular complexity index is 561. The summed E-state index contributed by atoms with van der Waals surface area (Å²) in [6.45, 7) is 0.204. The van der Waals surface area contributed by atoms with Crippen LogP contribution in [-0.4, -0.2) is 11.7 Å². The largest absolute Gasteiger partial charge is 0.388 e. The highest BCUT2D eigenvalue weighted by Crippen LogP contribution is 2.33. The molecule has 0 amide bonds. The molecule has 2 aromatic rings. The second-order valence-electron chi connectivity index (χ2n) is 4.36. The molecule has 3 N–H and O–H groups in total. The molecule has 2 aromatic carbocycles. The van der Waals surface area contributed by atoms with Crippen LogP contribution in [0.1, 0.15) is 23.1 Å². The summed E-state index contributed by atoms with van der Waals surface area (Å²) in [4.78, 5) is 0. The maximum atomic E-state index is 13.3. The van der Waals surface area contributed by atoms with Crippen LogP contribution in [0.5, 0.6) is 0 Å². The second-order valence-corrected chi connectivity index (χ2v) is 4.77. The third kappa shape index (κ3) is 3.13. The van der Waals surface area contributed by atoms with E-state index in [-0.39, 0.29) is 12.4 Å². The first kappa shape index (κ1) is 14.0. The molecule has 0 bridgehead atoms. The Labute approximate surface area is 116 Å². The fourth-order valence-corrected chi connectivity index (χ4v) is 2.36. The van der Waals surface area contributed by atoms with Crippen molar-refractivity contribution in [1.29, 1.82) is 0 Å². The molecular formula is C15H15ClFNO. The average molecular weight is 280 g/mol. The maximum Gasteiger partial charge on any atom is 0.123 e. The van der Waals surface area contributed by atoms with Crippen LogP contribution < -0.4 is 5.73 Å². The van der Waals surface area contributed by atoms with E-state index >= 15 is 0 Å². The van der Waals surface area contributed by atoms with Crippen molar-refractivity contribution in [3.05, 3.63) is 70.5 Å². The van der Waals surface area contributed by atoms with E-state index in [4.69, 9.17) is 17.3 Å². The number of rotatable bonds is 4. The van der Waals surface area contributed by atoms with Crippen molar-refractivity contribution in [3.8, 4) is 0 Å². The number of benzene rings is 2. The Morgan fingerprint density at radius 3 is 2.53 bits per heavy atom.